The zero-order valence-electron chi connectivity index (χ0n) is 7.62. The molecule has 0 aliphatic heterocycles. The highest BCUT2D eigenvalue weighted by molar-refractivity contribution is 5.86. The third-order valence-corrected chi connectivity index (χ3v) is 1.88. The Kier molecular flexibility index (Phi) is 3.43. The monoisotopic (exact) mass is 178 g/mol. The van der Waals surface area contributed by atoms with Crippen molar-refractivity contribution in [2.24, 2.45) is 0 Å². The summed E-state index contributed by atoms with van der Waals surface area (Å²) in [6.45, 7) is 2.06. The van der Waals surface area contributed by atoms with Crippen LogP contribution in [0.15, 0.2) is 18.3 Å². The van der Waals surface area contributed by atoms with Gasteiger partial charge in [-0.15, -0.1) is 0 Å². The molecule has 0 amide bonds. The van der Waals surface area contributed by atoms with Crippen molar-refractivity contribution in [3.63, 3.8) is 0 Å². The van der Waals surface area contributed by atoms with Gasteiger partial charge in [-0.1, -0.05) is 13.3 Å². The molecule has 0 radical (unpaired) electrons. The van der Waals surface area contributed by atoms with Crippen molar-refractivity contribution < 1.29 is 9.90 Å². The maximum Gasteiger partial charge on any atom is 0.0733 e. The lowest BCUT2D eigenvalue weighted by atomic mass is 10.1. The molecule has 0 N–H and O–H groups in total. The van der Waals surface area contributed by atoms with Crippen LogP contribution < -0.4 is 5.11 Å². The normalized spacial score (nSPS) is 9.92. The molecule has 0 saturated heterocycles. The number of hydrogen-bond donors (Lipinski definition) is 0. The summed E-state index contributed by atoms with van der Waals surface area (Å²) < 4.78 is 0. The number of rotatable bonds is 4. The van der Waals surface area contributed by atoms with Crippen molar-refractivity contribution in [3.8, 4) is 0 Å². The second-order valence-electron chi connectivity index (χ2n) is 2.89. The zero-order valence-corrected chi connectivity index (χ0v) is 7.62. The number of nitrogens with zero attached hydrogens (tertiary/aromatic N) is 1. The summed E-state index contributed by atoms with van der Waals surface area (Å²) >= 11 is 0. The molecule has 0 aromatic carbocycles. The average molecular weight is 178 g/mol. The number of hydrogen-bond acceptors (Lipinski definition) is 3. The van der Waals surface area contributed by atoms with Gasteiger partial charge in [0.25, 0.3) is 0 Å². The summed E-state index contributed by atoms with van der Waals surface area (Å²) in [6.07, 6.45) is 4.30. The van der Waals surface area contributed by atoms with Gasteiger partial charge in [0.15, 0.2) is 0 Å². The first-order valence-electron chi connectivity index (χ1n) is 4.41. The molecular formula is C10H12NO2-. The maximum absolute atomic E-state index is 10.6. The Morgan fingerprint density at radius 1 is 1.62 bits per heavy atom. The van der Waals surface area contributed by atoms with Crippen molar-refractivity contribution in [2.45, 2.75) is 26.2 Å². The minimum absolute atomic E-state index is 0.218. The fourth-order valence-corrected chi connectivity index (χ4v) is 1.17. The van der Waals surface area contributed by atoms with E-state index in [1.165, 1.54) is 6.07 Å². The molecule has 13 heavy (non-hydrogen) atoms. The molecule has 0 atom stereocenters. The highest BCUT2D eigenvalue weighted by atomic mass is 16.4. The molecule has 1 rings (SSSR count). The van der Waals surface area contributed by atoms with Crippen molar-refractivity contribution in [1.82, 2.24) is 4.98 Å². The number of aromatic nitrogens is 1. The summed E-state index contributed by atoms with van der Waals surface area (Å²) in [4.78, 5) is 14.7. The van der Waals surface area contributed by atoms with Crippen LogP contribution in [0.2, 0.25) is 0 Å². The molecule has 0 aliphatic carbocycles. The average Bonchev–Trinajstić information content (AvgIpc) is 2.15. The molecular weight excluding hydrogens is 166 g/mol. The van der Waals surface area contributed by atoms with E-state index >= 15 is 0 Å². The summed E-state index contributed by atoms with van der Waals surface area (Å²) in [5, 5.41) is 10.6. The zero-order chi connectivity index (χ0) is 9.68. The van der Waals surface area contributed by atoms with Crippen LogP contribution in [-0.4, -0.2) is 11.0 Å². The van der Waals surface area contributed by atoms with Crippen LogP contribution in [0.25, 0.3) is 0 Å². The second-order valence-corrected chi connectivity index (χ2v) is 2.89. The van der Waals surface area contributed by atoms with E-state index in [2.05, 4.69) is 11.9 Å². The lowest BCUT2D eigenvalue weighted by molar-refractivity contribution is -0.255. The number of carbonyl (C=O) groups excluding carboxylic acids is 1. The molecule has 3 nitrogen and oxygen atoms in total. The number of carbonyl (C=O) groups is 1. The van der Waals surface area contributed by atoms with Crippen molar-refractivity contribution in [2.75, 3.05) is 0 Å². The van der Waals surface area contributed by atoms with Gasteiger partial charge >= 0.3 is 0 Å². The first kappa shape index (κ1) is 9.71. The van der Waals surface area contributed by atoms with E-state index in [4.69, 9.17) is 0 Å². The molecule has 0 saturated carbocycles. The van der Waals surface area contributed by atoms with E-state index in [0.29, 0.717) is 12.1 Å². The predicted octanol–water partition coefficient (Wildman–Crippen LogP) is 0.788. The second kappa shape index (κ2) is 4.60. The minimum atomic E-state index is -1.14. The van der Waals surface area contributed by atoms with Gasteiger partial charge in [0.05, 0.1) is 5.97 Å². The van der Waals surface area contributed by atoms with Crippen LogP contribution >= 0.6 is 0 Å². The van der Waals surface area contributed by atoms with Crippen LogP contribution in [-0.2, 0) is 6.42 Å². The van der Waals surface area contributed by atoms with E-state index in [9.17, 15) is 9.90 Å². The SMILES string of the molecule is CCCCc1ncccc1C(=O)[O-]. The first-order chi connectivity index (χ1) is 6.25. The van der Waals surface area contributed by atoms with Crippen LogP contribution in [0.1, 0.15) is 35.8 Å². The molecule has 0 fully saturated rings. The Morgan fingerprint density at radius 2 is 2.38 bits per heavy atom. The summed E-state index contributed by atoms with van der Waals surface area (Å²) in [6, 6.07) is 3.15. The van der Waals surface area contributed by atoms with Crippen LogP contribution in [0, 0.1) is 0 Å². The Morgan fingerprint density at radius 3 is 3.00 bits per heavy atom. The molecule has 0 spiro atoms. The van der Waals surface area contributed by atoms with Gasteiger partial charge in [-0.2, -0.15) is 0 Å². The number of carboxylic acids is 1. The van der Waals surface area contributed by atoms with Gasteiger partial charge in [-0.05, 0) is 25.0 Å². The van der Waals surface area contributed by atoms with Crippen LogP contribution in [0.5, 0.6) is 0 Å². The van der Waals surface area contributed by atoms with Gasteiger partial charge in [0.2, 0.25) is 0 Å². The standard InChI is InChI=1S/C10H13NO2/c1-2-3-6-9-8(10(12)13)5-4-7-11-9/h4-5,7H,2-3,6H2,1H3,(H,12,13)/p-1. The highest BCUT2D eigenvalue weighted by Crippen LogP contribution is 2.07. The number of aryl methyl sites for hydroxylation is 1. The number of carboxylic acid groups (broad SMARTS) is 1. The number of pyridine rings is 1. The summed E-state index contributed by atoms with van der Waals surface area (Å²) in [5.41, 5.74) is 0.848. The van der Waals surface area contributed by atoms with Crippen LogP contribution in [0.3, 0.4) is 0 Å². The van der Waals surface area contributed by atoms with Gasteiger partial charge in [-0.25, -0.2) is 0 Å². The predicted molar refractivity (Wildman–Crippen MR) is 47.2 cm³/mol. The molecule has 3 heteroatoms. The third kappa shape index (κ3) is 2.54. The Labute approximate surface area is 77.4 Å². The molecule has 0 unspecified atom stereocenters. The van der Waals surface area contributed by atoms with E-state index in [1.54, 1.807) is 12.3 Å². The topological polar surface area (TPSA) is 53.0 Å². The van der Waals surface area contributed by atoms with Crippen LogP contribution in [0.4, 0.5) is 0 Å². The molecule has 1 aromatic rings. The number of unbranched alkanes of at least 4 members (excludes halogenated alkanes) is 1. The van der Waals surface area contributed by atoms with Crippen molar-refractivity contribution >= 4 is 5.97 Å². The first-order valence-corrected chi connectivity index (χ1v) is 4.41. The summed E-state index contributed by atoms with van der Waals surface area (Å²) in [7, 11) is 0. The lowest BCUT2D eigenvalue weighted by Gasteiger charge is -2.07. The fourth-order valence-electron chi connectivity index (χ4n) is 1.17. The quantitative estimate of drug-likeness (QED) is 0.684. The number of aromatic carboxylic acids is 1. The fraction of sp³-hybridized carbons (Fsp3) is 0.400. The highest BCUT2D eigenvalue weighted by Gasteiger charge is 2.02. The Hall–Kier alpha value is -1.38. The van der Waals surface area contributed by atoms with E-state index < -0.39 is 5.97 Å². The smallest absolute Gasteiger partial charge is 0.0733 e. The maximum atomic E-state index is 10.6. The van der Waals surface area contributed by atoms with E-state index in [1.807, 2.05) is 0 Å². The third-order valence-electron chi connectivity index (χ3n) is 1.88. The molecule has 1 heterocycles. The van der Waals surface area contributed by atoms with Gasteiger partial charge in [-0.3, -0.25) is 4.98 Å². The Bertz CT molecular complexity index is 297. The largest absolute Gasteiger partial charge is 0.545 e. The van der Waals surface area contributed by atoms with Gasteiger partial charge in [0.1, 0.15) is 0 Å². The molecule has 70 valence electrons. The summed E-state index contributed by atoms with van der Waals surface area (Å²) in [5.74, 6) is -1.14. The van der Waals surface area contributed by atoms with Crippen molar-refractivity contribution in [1.29, 1.82) is 0 Å². The Balaban J connectivity index is 2.84. The van der Waals surface area contributed by atoms with Gasteiger partial charge in [0, 0.05) is 17.5 Å². The lowest BCUT2D eigenvalue weighted by Crippen LogP contribution is -2.24. The molecule has 0 bridgehead atoms. The molecule has 0 aliphatic rings. The molecule has 1 aromatic heterocycles. The van der Waals surface area contributed by atoms with Crippen molar-refractivity contribution in [3.05, 3.63) is 29.6 Å². The minimum Gasteiger partial charge on any atom is -0.545 e. The van der Waals surface area contributed by atoms with E-state index in [-0.39, 0.29) is 5.56 Å². The van der Waals surface area contributed by atoms with E-state index in [0.717, 1.165) is 12.8 Å². The van der Waals surface area contributed by atoms with Gasteiger partial charge < -0.3 is 9.90 Å².